The topological polar surface area (TPSA) is 18.5 Å². The second kappa shape index (κ2) is 6.80. The maximum absolute atomic E-state index is 5.24. The van der Waals surface area contributed by atoms with Crippen LogP contribution in [0.4, 0.5) is 0 Å². The van der Waals surface area contributed by atoms with E-state index >= 15 is 0 Å². The minimum atomic E-state index is 0.877. The Morgan fingerprint density at radius 2 is 1.04 bits per heavy atom. The number of aryl methyl sites for hydroxylation is 1. The van der Waals surface area contributed by atoms with Crippen LogP contribution < -0.4 is 9.47 Å². The smallest absolute Gasteiger partial charge is 0.238 e. The van der Waals surface area contributed by atoms with Crippen molar-refractivity contribution in [2.45, 2.75) is 6.92 Å². The zero-order valence-corrected chi connectivity index (χ0v) is 14.3. The van der Waals surface area contributed by atoms with Gasteiger partial charge in [-0.25, -0.2) is 0 Å². The summed E-state index contributed by atoms with van der Waals surface area (Å²) in [5.74, 6) is 1.75. The maximum Gasteiger partial charge on any atom is 0.238 e. The lowest BCUT2D eigenvalue weighted by molar-refractivity contribution is 0.415. The van der Waals surface area contributed by atoms with Crippen LogP contribution in [-0.4, -0.2) is 14.2 Å². The van der Waals surface area contributed by atoms with E-state index in [1.807, 2.05) is 24.3 Å². The lowest BCUT2D eigenvalue weighted by Gasteiger charge is -2.01. The number of benzene rings is 2. The zero-order chi connectivity index (χ0) is 16.2. The first-order chi connectivity index (χ1) is 11.2. The Labute approximate surface area is 141 Å². The van der Waals surface area contributed by atoms with Crippen LogP contribution in [0.15, 0.2) is 60.7 Å². The molecule has 116 valence electrons. The van der Waals surface area contributed by atoms with Crippen LogP contribution in [0, 0.1) is 6.92 Å². The molecule has 1 aromatic heterocycles. The van der Waals surface area contributed by atoms with Gasteiger partial charge in [-0.3, -0.25) is 0 Å². The fourth-order valence-electron chi connectivity index (χ4n) is 2.43. The molecule has 0 fully saturated rings. The van der Waals surface area contributed by atoms with Gasteiger partial charge in [-0.05, 0) is 61.0 Å². The zero-order valence-electron chi connectivity index (χ0n) is 13.5. The fraction of sp³-hybridized carbons (Fsp3) is 0.150. The minimum absolute atomic E-state index is 0.877. The predicted octanol–water partition coefficient (Wildman–Crippen LogP) is 5.69. The van der Waals surface area contributed by atoms with Gasteiger partial charge in [-0.1, -0.05) is 0 Å². The number of hydrogen-bond donors (Lipinski definition) is 0. The highest BCUT2D eigenvalue weighted by atomic mass is 32.1. The van der Waals surface area contributed by atoms with Crippen molar-refractivity contribution in [3.8, 4) is 32.4 Å². The van der Waals surface area contributed by atoms with Crippen LogP contribution in [0.3, 0.4) is 0 Å². The Kier molecular flexibility index (Phi) is 4.58. The Balaban J connectivity index is 2.00. The molecule has 0 spiro atoms. The summed E-state index contributed by atoms with van der Waals surface area (Å²) in [5.41, 5.74) is 3.66. The van der Waals surface area contributed by atoms with E-state index in [2.05, 4.69) is 43.3 Å². The first-order valence-electron chi connectivity index (χ1n) is 7.43. The molecule has 0 atom stereocenters. The second-order valence-corrected chi connectivity index (χ2v) is 6.40. The second-order valence-electron chi connectivity index (χ2n) is 5.32. The van der Waals surface area contributed by atoms with Gasteiger partial charge in [-0.15, -0.1) is 0 Å². The highest BCUT2D eigenvalue weighted by Gasteiger charge is 2.17. The summed E-state index contributed by atoms with van der Waals surface area (Å²) in [5, 5.41) is 0. The van der Waals surface area contributed by atoms with Crippen LogP contribution >= 0.6 is 11.3 Å². The Morgan fingerprint density at radius 3 is 1.39 bits per heavy atom. The largest absolute Gasteiger partial charge is 0.497 e. The molecule has 0 amide bonds. The molecule has 0 saturated heterocycles. The number of rotatable bonds is 4. The summed E-state index contributed by atoms with van der Waals surface area (Å²) >= 11 is 1.79. The molecule has 2 aromatic carbocycles. The van der Waals surface area contributed by atoms with E-state index < -0.39 is 0 Å². The highest BCUT2D eigenvalue weighted by molar-refractivity contribution is 7.18. The summed E-state index contributed by atoms with van der Waals surface area (Å²) in [6.45, 7) is 2.13. The average Bonchev–Trinajstić information content (AvgIpc) is 2.61. The van der Waals surface area contributed by atoms with Crippen molar-refractivity contribution in [3.05, 3.63) is 66.2 Å². The van der Waals surface area contributed by atoms with Gasteiger partial charge in [0.15, 0.2) is 0 Å². The fourth-order valence-corrected chi connectivity index (χ4v) is 3.66. The maximum atomic E-state index is 5.24. The third kappa shape index (κ3) is 3.51. The van der Waals surface area contributed by atoms with E-state index in [1.54, 1.807) is 25.6 Å². The van der Waals surface area contributed by atoms with E-state index in [-0.39, 0.29) is 0 Å². The van der Waals surface area contributed by atoms with Gasteiger partial charge >= 0.3 is 0 Å². The van der Waals surface area contributed by atoms with Gasteiger partial charge < -0.3 is 9.47 Å². The van der Waals surface area contributed by atoms with Crippen molar-refractivity contribution in [2.24, 2.45) is 0 Å². The average molecular weight is 323 g/mol. The van der Waals surface area contributed by atoms with Gasteiger partial charge in [0.25, 0.3) is 0 Å². The van der Waals surface area contributed by atoms with Crippen LogP contribution in [0.2, 0.25) is 0 Å². The van der Waals surface area contributed by atoms with Gasteiger partial charge in [-0.2, -0.15) is 0 Å². The van der Waals surface area contributed by atoms with Crippen LogP contribution in [0.1, 0.15) is 5.56 Å². The molecule has 23 heavy (non-hydrogen) atoms. The van der Waals surface area contributed by atoms with Gasteiger partial charge in [0.2, 0.25) is 21.1 Å². The molecule has 0 N–H and O–H groups in total. The molecule has 0 aliphatic heterocycles. The van der Waals surface area contributed by atoms with E-state index in [4.69, 9.17) is 9.47 Å². The standard InChI is InChI=1S/C20H19O2S/c1-14-12-19(15-4-8-17(21-2)9-5-15)23-20(13-14)16-6-10-18(22-3)11-7-16/h4-13H,1-3H3/q+1. The summed E-state index contributed by atoms with van der Waals surface area (Å²) in [7, 11) is 3.37. The first-order valence-corrected chi connectivity index (χ1v) is 8.25. The van der Waals surface area contributed by atoms with Gasteiger partial charge in [0.1, 0.15) is 11.5 Å². The van der Waals surface area contributed by atoms with Crippen LogP contribution in [-0.2, 0) is 0 Å². The van der Waals surface area contributed by atoms with Crippen molar-refractivity contribution in [1.29, 1.82) is 0 Å². The quantitative estimate of drug-likeness (QED) is 0.574. The van der Waals surface area contributed by atoms with E-state index in [0.29, 0.717) is 0 Å². The highest BCUT2D eigenvalue weighted by Crippen LogP contribution is 2.35. The van der Waals surface area contributed by atoms with Crippen molar-refractivity contribution >= 4 is 11.3 Å². The van der Waals surface area contributed by atoms with Gasteiger partial charge in [0, 0.05) is 23.3 Å². The molecular formula is C20H19O2S+. The van der Waals surface area contributed by atoms with Crippen molar-refractivity contribution in [3.63, 3.8) is 0 Å². The Bertz CT molecular complexity index is 727. The number of hydrogen-bond acceptors (Lipinski definition) is 2. The van der Waals surface area contributed by atoms with Crippen LogP contribution in [0.5, 0.6) is 11.5 Å². The molecule has 0 unspecified atom stereocenters. The van der Waals surface area contributed by atoms with E-state index in [9.17, 15) is 0 Å². The van der Waals surface area contributed by atoms with Gasteiger partial charge in [0.05, 0.1) is 14.2 Å². The lowest BCUT2D eigenvalue weighted by atomic mass is 10.1. The summed E-state index contributed by atoms with van der Waals surface area (Å²) in [6, 6.07) is 20.8. The molecule has 3 heteroatoms. The summed E-state index contributed by atoms with van der Waals surface area (Å²) < 4.78 is 10.5. The number of methoxy groups -OCH3 is 2. The molecular weight excluding hydrogens is 304 g/mol. The molecule has 3 rings (SSSR count). The van der Waals surface area contributed by atoms with Crippen molar-refractivity contribution in [2.75, 3.05) is 14.2 Å². The van der Waals surface area contributed by atoms with Crippen molar-refractivity contribution < 1.29 is 9.47 Å². The summed E-state index contributed by atoms with van der Waals surface area (Å²) in [4.78, 5) is 2.50. The molecule has 0 bridgehead atoms. The van der Waals surface area contributed by atoms with E-state index in [1.165, 1.54) is 26.4 Å². The molecule has 0 radical (unpaired) electrons. The molecule has 1 heterocycles. The lowest BCUT2D eigenvalue weighted by Crippen LogP contribution is -1.84. The Hall–Kier alpha value is -2.39. The molecule has 0 saturated carbocycles. The molecule has 0 aliphatic carbocycles. The third-order valence-corrected chi connectivity index (χ3v) is 4.83. The SMILES string of the molecule is COc1ccc(-c2cc(C)cc(-c3ccc(OC)cc3)[s+]2)cc1. The van der Waals surface area contributed by atoms with E-state index in [0.717, 1.165) is 11.5 Å². The normalized spacial score (nSPS) is 10.4. The molecule has 3 aromatic rings. The third-order valence-electron chi connectivity index (χ3n) is 3.69. The predicted molar refractivity (Wildman–Crippen MR) is 97.4 cm³/mol. The van der Waals surface area contributed by atoms with Crippen molar-refractivity contribution in [1.82, 2.24) is 0 Å². The first kappa shape index (κ1) is 15.5. The molecule has 2 nitrogen and oxygen atoms in total. The van der Waals surface area contributed by atoms with Crippen LogP contribution in [0.25, 0.3) is 20.9 Å². The monoisotopic (exact) mass is 323 g/mol. The minimum Gasteiger partial charge on any atom is -0.497 e. The Morgan fingerprint density at radius 1 is 0.652 bits per heavy atom. The number of ether oxygens (including phenoxy) is 2. The molecule has 0 aliphatic rings. The summed E-state index contributed by atoms with van der Waals surface area (Å²) in [6.07, 6.45) is 0.